The lowest BCUT2D eigenvalue weighted by Crippen LogP contribution is -2.40. The summed E-state index contributed by atoms with van der Waals surface area (Å²) in [7, 11) is 0. The van der Waals surface area contributed by atoms with Crippen LogP contribution in [0.15, 0.2) is 23.1 Å². The number of nitrogens with two attached hydrogens (primary N) is 1. The maximum absolute atomic E-state index is 12.2. The SMILES string of the molecule is Cc1ccc(C)c(SCC(=O)N2CCC(CN)CC2)c1. The fraction of sp³-hybridized carbons (Fsp3) is 0.562. The maximum atomic E-state index is 12.2. The standard InChI is InChI=1S/C16H24N2OS/c1-12-3-4-13(2)15(9-12)20-11-16(19)18-7-5-14(10-17)6-8-18/h3-4,9,14H,5-8,10-11,17H2,1-2H3. The van der Waals surface area contributed by atoms with Crippen molar-refractivity contribution in [2.24, 2.45) is 11.7 Å². The number of piperidine rings is 1. The molecule has 0 unspecified atom stereocenters. The highest BCUT2D eigenvalue weighted by atomic mass is 32.2. The first-order chi connectivity index (χ1) is 9.60. The number of likely N-dealkylation sites (tertiary alicyclic amines) is 1. The molecule has 1 heterocycles. The van der Waals surface area contributed by atoms with Gasteiger partial charge >= 0.3 is 0 Å². The Hall–Kier alpha value is -1.00. The Labute approximate surface area is 125 Å². The second-order valence-electron chi connectivity index (χ2n) is 5.62. The Balaban J connectivity index is 1.85. The third-order valence-corrected chi connectivity index (χ3v) is 5.14. The number of aryl methyl sites for hydroxylation is 2. The summed E-state index contributed by atoms with van der Waals surface area (Å²) < 4.78 is 0. The maximum Gasteiger partial charge on any atom is 0.232 e. The quantitative estimate of drug-likeness (QED) is 0.868. The molecule has 0 aromatic heterocycles. The Morgan fingerprint density at radius 3 is 2.70 bits per heavy atom. The van der Waals surface area contributed by atoms with Crippen LogP contribution in [0.4, 0.5) is 0 Å². The number of amides is 1. The number of hydrogen-bond donors (Lipinski definition) is 1. The van der Waals surface area contributed by atoms with Crippen LogP contribution in [-0.4, -0.2) is 36.2 Å². The van der Waals surface area contributed by atoms with Crippen molar-refractivity contribution in [3.63, 3.8) is 0 Å². The van der Waals surface area contributed by atoms with E-state index in [9.17, 15) is 4.79 Å². The van der Waals surface area contributed by atoms with Crippen LogP contribution >= 0.6 is 11.8 Å². The molecule has 1 saturated heterocycles. The number of carbonyl (C=O) groups excluding carboxylic acids is 1. The fourth-order valence-electron chi connectivity index (χ4n) is 2.51. The molecule has 20 heavy (non-hydrogen) atoms. The van der Waals surface area contributed by atoms with Gasteiger partial charge in [0.1, 0.15) is 0 Å². The topological polar surface area (TPSA) is 46.3 Å². The predicted octanol–water partition coefficient (Wildman–Crippen LogP) is 2.59. The Bertz CT molecular complexity index is 468. The van der Waals surface area contributed by atoms with E-state index in [0.29, 0.717) is 11.7 Å². The number of thioether (sulfide) groups is 1. The van der Waals surface area contributed by atoms with Crippen LogP contribution in [0.2, 0.25) is 0 Å². The number of carbonyl (C=O) groups is 1. The van der Waals surface area contributed by atoms with Crippen molar-refractivity contribution in [3.8, 4) is 0 Å². The lowest BCUT2D eigenvalue weighted by atomic mass is 9.97. The average molecular weight is 292 g/mol. The minimum absolute atomic E-state index is 0.256. The first-order valence-electron chi connectivity index (χ1n) is 7.28. The molecule has 0 spiro atoms. The highest BCUT2D eigenvalue weighted by Gasteiger charge is 2.21. The third-order valence-electron chi connectivity index (χ3n) is 4.00. The van der Waals surface area contributed by atoms with E-state index in [-0.39, 0.29) is 5.91 Å². The number of benzene rings is 1. The summed E-state index contributed by atoms with van der Waals surface area (Å²) in [6, 6.07) is 6.39. The van der Waals surface area contributed by atoms with Crippen molar-refractivity contribution in [1.82, 2.24) is 4.90 Å². The Morgan fingerprint density at radius 2 is 2.05 bits per heavy atom. The molecule has 0 saturated carbocycles. The zero-order chi connectivity index (χ0) is 14.5. The second kappa shape index (κ2) is 7.14. The van der Waals surface area contributed by atoms with Gasteiger partial charge in [0.25, 0.3) is 0 Å². The molecule has 110 valence electrons. The molecule has 4 heteroatoms. The molecule has 2 rings (SSSR count). The van der Waals surface area contributed by atoms with Gasteiger partial charge in [0, 0.05) is 18.0 Å². The van der Waals surface area contributed by atoms with Crippen molar-refractivity contribution in [1.29, 1.82) is 0 Å². The average Bonchev–Trinajstić information content (AvgIpc) is 2.48. The highest BCUT2D eigenvalue weighted by Crippen LogP contribution is 2.24. The summed E-state index contributed by atoms with van der Waals surface area (Å²) in [6.45, 7) is 6.67. The van der Waals surface area contributed by atoms with Crippen molar-refractivity contribution in [3.05, 3.63) is 29.3 Å². The lowest BCUT2D eigenvalue weighted by Gasteiger charge is -2.31. The van der Waals surface area contributed by atoms with Crippen molar-refractivity contribution in [2.75, 3.05) is 25.4 Å². The summed E-state index contributed by atoms with van der Waals surface area (Å²) in [6.07, 6.45) is 2.10. The minimum atomic E-state index is 0.256. The lowest BCUT2D eigenvalue weighted by molar-refractivity contribution is -0.129. The van der Waals surface area contributed by atoms with Gasteiger partial charge in [0.15, 0.2) is 0 Å². The summed E-state index contributed by atoms with van der Waals surface area (Å²) in [5, 5.41) is 0. The summed E-state index contributed by atoms with van der Waals surface area (Å²) in [5.41, 5.74) is 8.17. The largest absolute Gasteiger partial charge is 0.342 e. The normalized spacial score (nSPS) is 16.4. The van der Waals surface area contributed by atoms with Crippen LogP contribution in [0.25, 0.3) is 0 Å². The van der Waals surface area contributed by atoms with Crippen LogP contribution in [0.3, 0.4) is 0 Å². The van der Waals surface area contributed by atoms with Crippen LogP contribution in [0, 0.1) is 19.8 Å². The molecule has 3 nitrogen and oxygen atoms in total. The minimum Gasteiger partial charge on any atom is -0.342 e. The molecule has 0 radical (unpaired) electrons. The molecule has 0 bridgehead atoms. The van der Waals surface area contributed by atoms with Gasteiger partial charge in [0.2, 0.25) is 5.91 Å². The van der Waals surface area contributed by atoms with E-state index in [0.717, 1.165) is 32.5 Å². The second-order valence-corrected chi connectivity index (χ2v) is 6.63. The van der Waals surface area contributed by atoms with Gasteiger partial charge < -0.3 is 10.6 Å². The van der Waals surface area contributed by atoms with Gasteiger partial charge in [-0.2, -0.15) is 0 Å². The Morgan fingerprint density at radius 1 is 1.35 bits per heavy atom. The molecule has 0 atom stereocenters. The monoisotopic (exact) mass is 292 g/mol. The molecule has 2 N–H and O–H groups in total. The van der Waals surface area contributed by atoms with Gasteiger partial charge in [-0.15, -0.1) is 11.8 Å². The van der Waals surface area contributed by atoms with Crippen LogP contribution in [0.1, 0.15) is 24.0 Å². The van der Waals surface area contributed by atoms with Gasteiger partial charge in [-0.1, -0.05) is 17.7 Å². The molecule has 1 aromatic rings. The van der Waals surface area contributed by atoms with Crippen LogP contribution in [-0.2, 0) is 4.79 Å². The molecular weight excluding hydrogens is 268 g/mol. The first-order valence-corrected chi connectivity index (χ1v) is 8.26. The molecule has 1 fully saturated rings. The number of hydrogen-bond acceptors (Lipinski definition) is 3. The summed E-state index contributed by atoms with van der Waals surface area (Å²) in [4.78, 5) is 15.4. The molecule has 0 aliphatic carbocycles. The Kier molecular flexibility index (Phi) is 5.49. The summed E-state index contributed by atoms with van der Waals surface area (Å²) >= 11 is 1.65. The van der Waals surface area contributed by atoms with E-state index >= 15 is 0 Å². The molecule has 1 aliphatic rings. The van der Waals surface area contributed by atoms with Crippen molar-refractivity contribution >= 4 is 17.7 Å². The number of rotatable bonds is 4. The van der Waals surface area contributed by atoms with Gasteiger partial charge in [-0.3, -0.25) is 4.79 Å². The fourth-order valence-corrected chi connectivity index (χ4v) is 3.54. The van der Waals surface area contributed by atoms with Crippen molar-refractivity contribution in [2.45, 2.75) is 31.6 Å². The molecule has 1 aromatic carbocycles. The van der Waals surface area contributed by atoms with E-state index < -0.39 is 0 Å². The van der Waals surface area contributed by atoms with Crippen LogP contribution in [0.5, 0.6) is 0 Å². The van der Waals surface area contributed by atoms with Gasteiger partial charge in [-0.25, -0.2) is 0 Å². The van der Waals surface area contributed by atoms with E-state index in [1.54, 1.807) is 11.8 Å². The smallest absolute Gasteiger partial charge is 0.232 e. The predicted molar refractivity (Wildman–Crippen MR) is 85.0 cm³/mol. The highest BCUT2D eigenvalue weighted by molar-refractivity contribution is 8.00. The summed E-state index contributed by atoms with van der Waals surface area (Å²) in [5.74, 6) is 1.40. The van der Waals surface area contributed by atoms with Crippen LogP contribution < -0.4 is 5.73 Å². The zero-order valence-corrected chi connectivity index (χ0v) is 13.2. The van der Waals surface area contributed by atoms with E-state index in [2.05, 4.69) is 32.0 Å². The van der Waals surface area contributed by atoms with E-state index in [4.69, 9.17) is 5.73 Å². The van der Waals surface area contributed by atoms with E-state index in [1.807, 2.05) is 4.90 Å². The van der Waals surface area contributed by atoms with Gasteiger partial charge in [0.05, 0.1) is 5.75 Å². The third kappa shape index (κ3) is 4.00. The van der Waals surface area contributed by atoms with E-state index in [1.165, 1.54) is 16.0 Å². The number of nitrogens with zero attached hydrogens (tertiary/aromatic N) is 1. The molecule has 1 aliphatic heterocycles. The van der Waals surface area contributed by atoms with Gasteiger partial charge in [-0.05, 0) is 50.8 Å². The molecule has 1 amide bonds. The first kappa shape index (κ1) is 15.4. The zero-order valence-electron chi connectivity index (χ0n) is 12.4. The molecular formula is C16H24N2OS. The van der Waals surface area contributed by atoms with Crippen molar-refractivity contribution < 1.29 is 4.79 Å².